The van der Waals surface area contributed by atoms with Crippen LogP contribution in [0.15, 0.2) is 60.7 Å². The first-order chi connectivity index (χ1) is 14.6. The number of hydrogen-bond donors (Lipinski definition) is 1. The molecule has 2 aliphatic rings. The zero-order valence-corrected chi connectivity index (χ0v) is 16.6. The molecule has 0 aliphatic carbocycles. The molecule has 0 radical (unpaired) electrons. The first kappa shape index (κ1) is 18.6. The zero-order valence-electron chi connectivity index (χ0n) is 16.6. The second kappa shape index (κ2) is 7.41. The number of aliphatic carboxylic acids is 1. The monoisotopic (exact) mass is 402 g/mol. The molecule has 1 unspecified atom stereocenters. The highest BCUT2D eigenvalue weighted by Crippen LogP contribution is 2.46. The maximum atomic E-state index is 11.1. The molecule has 2 atom stereocenters. The molecule has 0 fully saturated rings. The SMILES string of the molecule is Cc1ccccc1-c1cccc(C2COc3cc4c(cc3O2)OC[C@H]4CC(=O)O)c1. The largest absolute Gasteiger partial charge is 0.492 e. The Balaban J connectivity index is 1.41. The average molecular weight is 402 g/mol. The van der Waals surface area contributed by atoms with Crippen molar-refractivity contribution in [3.8, 4) is 28.4 Å². The molecule has 0 aromatic heterocycles. The minimum absolute atomic E-state index is 0.0426. The highest BCUT2D eigenvalue weighted by molar-refractivity contribution is 5.69. The van der Waals surface area contributed by atoms with E-state index in [-0.39, 0.29) is 18.4 Å². The molecule has 0 bridgehead atoms. The summed E-state index contributed by atoms with van der Waals surface area (Å²) in [6.45, 7) is 2.87. The molecule has 3 aromatic rings. The maximum absolute atomic E-state index is 11.1. The van der Waals surface area contributed by atoms with E-state index >= 15 is 0 Å². The molecule has 0 saturated carbocycles. The third-order valence-electron chi connectivity index (χ3n) is 5.75. The predicted octanol–water partition coefficient (Wildman–Crippen LogP) is 5.13. The lowest BCUT2D eigenvalue weighted by Gasteiger charge is -2.27. The molecule has 2 aliphatic heterocycles. The minimum Gasteiger partial charge on any atom is -0.492 e. The van der Waals surface area contributed by atoms with Crippen molar-refractivity contribution in [3.05, 3.63) is 77.4 Å². The molecule has 2 heterocycles. The molecule has 5 heteroatoms. The van der Waals surface area contributed by atoms with Crippen molar-refractivity contribution in [2.45, 2.75) is 25.4 Å². The molecule has 0 amide bonds. The zero-order chi connectivity index (χ0) is 20.7. The Morgan fingerprint density at radius 1 is 0.967 bits per heavy atom. The summed E-state index contributed by atoms with van der Waals surface area (Å²) < 4.78 is 18.0. The van der Waals surface area contributed by atoms with E-state index in [0.29, 0.717) is 30.5 Å². The van der Waals surface area contributed by atoms with Gasteiger partial charge in [-0.3, -0.25) is 4.79 Å². The molecule has 0 spiro atoms. The topological polar surface area (TPSA) is 65.0 Å². The Bertz CT molecular complexity index is 1120. The number of fused-ring (bicyclic) bond motifs is 2. The van der Waals surface area contributed by atoms with E-state index in [1.54, 1.807) is 0 Å². The van der Waals surface area contributed by atoms with E-state index < -0.39 is 5.97 Å². The smallest absolute Gasteiger partial charge is 0.304 e. The normalized spacial score (nSPS) is 19.1. The highest BCUT2D eigenvalue weighted by atomic mass is 16.6. The summed E-state index contributed by atoms with van der Waals surface area (Å²) in [6, 6.07) is 20.3. The lowest BCUT2D eigenvalue weighted by molar-refractivity contribution is -0.137. The van der Waals surface area contributed by atoms with Crippen molar-refractivity contribution in [3.63, 3.8) is 0 Å². The van der Waals surface area contributed by atoms with Gasteiger partial charge in [-0.25, -0.2) is 0 Å². The molecule has 0 saturated heterocycles. The summed E-state index contributed by atoms with van der Waals surface area (Å²) in [7, 11) is 0. The van der Waals surface area contributed by atoms with Crippen molar-refractivity contribution >= 4 is 5.97 Å². The number of aryl methyl sites for hydroxylation is 1. The number of carbonyl (C=O) groups is 1. The third kappa shape index (κ3) is 3.36. The first-order valence-electron chi connectivity index (χ1n) is 10.1. The predicted molar refractivity (Wildman–Crippen MR) is 112 cm³/mol. The van der Waals surface area contributed by atoms with E-state index in [1.807, 2.05) is 36.4 Å². The fraction of sp³-hybridized carbons (Fsp3) is 0.240. The van der Waals surface area contributed by atoms with Gasteiger partial charge in [0.15, 0.2) is 17.6 Å². The van der Waals surface area contributed by atoms with Crippen LogP contribution in [0.4, 0.5) is 0 Å². The summed E-state index contributed by atoms with van der Waals surface area (Å²) in [6.07, 6.45) is -0.184. The molecule has 5 rings (SSSR count). The summed E-state index contributed by atoms with van der Waals surface area (Å²) in [5.74, 6) is 0.955. The molecular weight excluding hydrogens is 380 g/mol. The van der Waals surface area contributed by atoms with Gasteiger partial charge in [0, 0.05) is 17.5 Å². The van der Waals surface area contributed by atoms with Crippen molar-refractivity contribution in [2.24, 2.45) is 0 Å². The van der Waals surface area contributed by atoms with Crippen LogP contribution >= 0.6 is 0 Å². The summed E-state index contributed by atoms with van der Waals surface area (Å²) in [5, 5.41) is 9.11. The van der Waals surface area contributed by atoms with Gasteiger partial charge >= 0.3 is 5.97 Å². The number of hydrogen-bond acceptors (Lipinski definition) is 4. The Morgan fingerprint density at radius 2 is 1.80 bits per heavy atom. The maximum Gasteiger partial charge on any atom is 0.304 e. The minimum atomic E-state index is -0.833. The first-order valence-corrected chi connectivity index (χ1v) is 10.1. The van der Waals surface area contributed by atoms with Gasteiger partial charge in [0.05, 0.1) is 13.0 Å². The van der Waals surface area contributed by atoms with Crippen LogP contribution in [0.1, 0.15) is 35.1 Å². The molecular formula is C25H22O5. The summed E-state index contributed by atoms with van der Waals surface area (Å²) in [4.78, 5) is 11.1. The van der Waals surface area contributed by atoms with Crippen LogP contribution in [0.25, 0.3) is 11.1 Å². The van der Waals surface area contributed by atoms with Crippen LogP contribution in [0.2, 0.25) is 0 Å². The van der Waals surface area contributed by atoms with Gasteiger partial charge in [0.25, 0.3) is 0 Å². The van der Waals surface area contributed by atoms with E-state index in [2.05, 4.69) is 31.2 Å². The second-order valence-corrected chi connectivity index (χ2v) is 7.80. The van der Waals surface area contributed by atoms with Crippen LogP contribution in [-0.4, -0.2) is 24.3 Å². The van der Waals surface area contributed by atoms with Crippen LogP contribution in [-0.2, 0) is 4.79 Å². The number of rotatable bonds is 4. The number of carboxylic acid groups (broad SMARTS) is 1. The van der Waals surface area contributed by atoms with Crippen molar-refractivity contribution < 1.29 is 24.1 Å². The number of carboxylic acids is 1. The van der Waals surface area contributed by atoms with Gasteiger partial charge in [-0.15, -0.1) is 0 Å². The Labute approximate surface area is 174 Å². The number of benzene rings is 3. The third-order valence-corrected chi connectivity index (χ3v) is 5.75. The van der Waals surface area contributed by atoms with Gasteiger partial charge in [-0.05, 0) is 41.3 Å². The van der Waals surface area contributed by atoms with Crippen LogP contribution in [0.5, 0.6) is 17.2 Å². The van der Waals surface area contributed by atoms with Crippen LogP contribution < -0.4 is 14.2 Å². The lowest BCUT2D eigenvalue weighted by Crippen LogP contribution is -2.21. The second-order valence-electron chi connectivity index (χ2n) is 7.80. The van der Waals surface area contributed by atoms with Crippen molar-refractivity contribution in [1.29, 1.82) is 0 Å². The highest BCUT2D eigenvalue weighted by Gasteiger charge is 2.31. The fourth-order valence-electron chi connectivity index (χ4n) is 4.19. The van der Waals surface area contributed by atoms with E-state index in [9.17, 15) is 4.79 Å². The molecule has 3 aromatic carbocycles. The molecule has 30 heavy (non-hydrogen) atoms. The Morgan fingerprint density at radius 3 is 2.63 bits per heavy atom. The van der Waals surface area contributed by atoms with Crippen LogP contribution in [0, 0.1) is 6.92 Å². The van der Waals surface area contributed by atoms with E-state index in [4.69, 9.17) is 19.3 Å². The average Bonchev–Trinajstić information content (AvgIpc) is 3.13. The van der Waals surface area contributed by atoms with E-state index in [0.717, 1.165) is 16.7 Å². The quantitative estimate of drug-likeness (QED) is 0.656. The van der Waals surface area contributed by atoms with Gasteiger partial charge in [0.2, 0.25) is 0 Å². The Hall–Kier alpha value is -3.47. The van der Waals surface area contributed by atoms with Gasteiger partial charge in [-0.2, -0.15) is 0 Å². The van der Waals surface area contributed by atoms with Gasteiger partial charge in [0.1, 0.15) is 12.4 Å². The summed E-state index contributed by atoms with van der Waals surface area (Å²) >= 11 is 0. The summed E-state index contributed by atoms with van der Waals surface area (Å²) in [5.41, 5.74) is 5.50. The van der Waals surface area contributed by atoms with Gasteiger partial charge < -0.3 is 19.3 Å². The van der Waals surface area contributed by atoms with Crippen molar-refractivity contribution in [1.82, 2.24) is 0 Å². The Kier molecular flexibility index (Phi) is 4.58. The number of ether oxygens (including phenoxy) is 3. The van der Waals surface area contributed by atoms with Crippen LogP contribution in [0.3, 0.4) is 0 Å². The van der Waals surface area contributed by atoms with Gasteiger partial charge in [-0.1, -0.05) is 42.5 Å². The molecule has 1 N–H and O–H groups in total. The standard InChI is InChI=1S/C25H22O5/c1-15-5-2-3-8-19(15)16-6-4-7-17(9-16)24-14-29-22-11-20-18(10-25(26)27)13-28-21(20)12-23(22)30-24/h2-9,11-12,18,24H,10,13-14H2,1H3,(H,26,27)/t18-,24?/m1/s1. The van der Waals surface area contributed by atoms with E-state index in [1.165, 1.54) is 11.1 Å². The van der Waals surface area contributed by atoms with Crippen molar-refractivity contribution in [2.75, 3.05) is 13.2 Å². The molecule has 152 valence electrons. The fourth-order valence-corrected chi connectivity index (χ4v) is 4.19. The lowest BCUT2D eigenvalue weighted by atomic mass is 9.96. The molecule has 5 nitrogen and oxygen atoms in total.